The highest BCUT2D eigenvalue weighted by molar-refractivity contribution is 4.89. The average molecular weight is 253 g/mol. The molecule has 0 bridgehead atoms. The molecule has 18 heavy (non-hydrogen) atoms. The summed E-state index contributed by atoms with van der Waals surface area (Å²) in [6.45, 7) is 9.94. The fraction of sp³-hybridized carbons (Fsp3) is 1.00. The van der Waals surface area contributed by atoms with Gasteiger partial charge in [0.25, 0.3) is 0 Å². The number of ether oxygens (including phenoxy) is 1. The fourth-order valence-electron chi connectivity index (χ4n) is 3.54. The minimum absolute atomic E-state index is 0.237. The lowest BCUT2D eigenvalue weighted by Crippen LogP contribution is -2.46. The van der Waals surface area contributed by atoms with Crippen LogP contribution in [0.1, 0.15) is 65.7 Å². The molecule has 1 aliphatic carbocycles. The van der Waals surface area contributed by atoms with E-state index >= 15 is 0 Å². The van der Waals surface area contributed by atoms with Gasteiger partial charge in [0.1, 0.15) is 0 Å². The van der Waals surface area contributed by atoms with Gasteiger partial charge in [-0.2, -0.15) is 0 Å². The molecule has 2 aliphatic rings. The van der Waals surface area contributed by atoms with Crippen molar-refractivity contribution in [3.63, 3.8) is 0 Å². The molecule has 2 fully saturated rings. The van der Waals surface area contributed by atoms with Gasteiger partial charge in [0.05, 0.1) is 0 Å². The second-order valence-electron chi connectivity index (χ2n) is 7.57. The van der Waals surface area contributed by atoms with E-state index in [0.29, 0.717) is 5.41 Å². The van der Waals surface area contributed by atoms with Crippen molar-refractivity contribution in [3.05, 3.63) is 0 Å². The van der Waals surface area contributed by atoms with E-state index in [0.717, 1.165) is 19.1 Å². The summed E-state index contributed by atoms with van der Waals surface area (Å²) in [5.74, 6) is 0.991. The third-order valence-corrected chi connectivity index (χ3v) is 4.74. The Morgan fingerprint density at radius 3 is 2.28 bits per heavy atom. The molecule has 0 radical (unpaired) electrons. The van der Waals surface area contributed by atoms with Crippen LogP contribution >= 0.6 is 0 Å². The number of hydrogen-bond donors (Lipinski definition) is 1. The molecular formula is C16H31NO. The Kier molecular flexibility index (Phi) is 4.71. The van der Waals surface area contributed by atoms with Crippen molar-refractivity contribution < 1.29 is 4.74 Å². The zero-order chi connectivity index (χ0) is 13.1. The van der Waals surface area contributed by atoms with Crippen LogP contribution in [0.5, 0.6) is 0 Å². The lowest BCUT2D eigenvalue weighted by Gasteiger charge is -2.41. The van der Waals surface area contributed by atoms with E-state index < -0.39 is 0 Å². The molecule has 0 amide bonds. The SMILES string of the molecule is CC(C)(C)NCC1(CC2CCCC2)CCOCC1. The molecule has 2 nitrogen and oxygen atoms in total. The van der Waals surface area contributed by atoms with E-state index in [4.69, 9.17) is 4.74 Å². The predicted octanol–water partition coefficient (Wildman–Crippen LogP) is 3.75. The number of rotatable bonds is 4. The standard InChI is InChI=1S/C16H31NO/c1-15(2,3)17-13-16(8-10-18-11-9-16)12-14-6-4-5-7-14/h14,17H,4-13H2,1-3H3. The molecule has 0 unspecified atom stereocenters. The van der Waals surface area contributed by atoms with Crippen LogP contribution in [0.25, 0.3) is 0 Å². The van der Waals surface area contributed by atoms with E-state index in [1.165, 1.54) is 51.5 Å². The topological polar surface area (TPSA) is 21.3 Å². The zero-order valence-electron chi connectivity index (χ0n) is 12.6. The summed E-state index contributed by atoms with van der Waals surface area (Å²) >= 11 is 0. The maximum absolute atomic E-state index is 5.59. The second-order valence-corrected chi connectivity index (χ2v) is 7.57. The van der Waals surface area contributed by atoms with E-state index in [2.05, 4.69) is 26.1 Å². The normalized spacial score (nSPS) is 25.5. The first-order valence-electron chi connectivity index (χ1n) is 7.82. The van der Waals surface area contributed by atoms with Crippen molar-refractivity contribution in [3.8, 4) is 0 Å². The maximum atomic E-state index is 5.59. The van der Waals surface area contributed by atoms with Crippen LogP contribution < -0.4 is 5.32 Å². The first kappa shape index (κ1) is 14.3. The summed E-state index contributed by atoms with van der Waals surface area (Å²) in [4.78, 5) is 0. The summed E-state index contributed by atoms with van der Waals surface area (Å²) in [6, 6.07) is 0. The molecule has 0 atom stereocenters. The van der Waals surface area contributed by atoms with Crippen LogP contribution in [0.4, 0.5) is 0 Å². The molecule has 1 heterocycles. The van der Waals surface area contributed by atoms with Crippen LogP contribution in [0.15, 0.2) is 0 Å². The van der Waals surface area contributed by atoms with Crippen molar-refractivity contribution in [2.75, 3.05) is 19.8 Å². The van der Waals surface area contributed by atoms with Crippen LogP contribution in [-0.4, -0.2) is 25.3 Å². The molecule has 0 spiro atoms. The molecule has 0 aromatic rings. The highest BCUT2D eigenvalue weighted by Gasteiger charge is 2.36. The van der Waals surface area contributed by atoms with Crippen molar-refractivity contribution >= 4 is 0 Å². The van der Waals surface area contributed by atoms with Gasteiger partial charge >= 0.3 is 0 Å². The third-order valence-electron chi connectivity index (χ3n) is 4.74. The Balaban J connectivity index is 1.93. The predicted molar refractivity (Wildman–Crippen MR) is 76.8 cm³/mol. The highest BCUT2D eigenvalue weighted by Crippen LogP contribution is 2.41. The second kappa shape index (κ2) is 5.92. The van der Waals surface area contributed by atoms with Gasteiger partial charge in [-0.1, -0.05) is 25.7 Å². The van der Waals surface area contributed by atoms with E-state index in [9.17, 15) is 0 Å². The van der Waals surface area contributed by atoms with Crippen LogP contribution in [0, 0.1) is 11.3 Å². The fourth-order valence-corrected chi connectivity index (χ4v) is 3.54. The van der Waals surface area contributed by atoms with Gasteiger partial charge in [-0.15, -0.1) is 0 Å². The summed E-state index contributed by atoms with van der Waals surface area (Å²) in [6.07, 6.45) is 9.81. The summed E-state index contributed by atoms with van der Waals surface area (Å²) < 4.78 is 5.59. The number of hydrogen-bond acceptors (Lipinski definition) is 2. The highest BCUT2D eigenvalue weighted by atomic mass is 16.5. The molecule has 2 rings (SSSR count). The van der Waals surface area contributed by atoms with Gasteiger partial charge in [-0.05, 0) is 51.4 Å². The average Bonchev–Trinajstić information content (AvgIpc) is 2.80. The van der Waals surface area contributed by atoms with Gasteiger partial charge in [-0.3, -0.25) is 0 Å². The lowest BCUT2D eigenvalue weighted by molar-refractivity contribution is -0.000381. The van der Waals surface area contributed by atoms with E-state index in [-0.39, 0.29) is 5.54 Å². The first-order chi connectivity index (χ1) is 8.49. The van der Waals surface area contributed by atoms with Gasteiger partial charge in [-0.25, -0.2) is 0 Å². The van der Waals surface area contributed by atoms with E-state index in [1.807, 2.05) is 0 Å². The lowest BCUT2D eigenvalue weighted by atomic mass is 9.72. The Bertz CT molecular complexity index is 244. The molecular weight excluding hydrogens is 222 g/mol. The summed E-state index contributed by atoms with van der Waals surface area (Å²) in [5, 5.41) is 3.75. The van der Waals surface area contributed by atoms with Crippen molar-refractivity contribution in [2.45, 2.75) is 71.3 Å². The molecule has 1 saturated carbocycles. The Hall–Kier alpha value is -0.0800. The van der Waals surface area contributed by atoms with E-state index in [1.54, 1.807) is 0 Å². The van der Waals surface area contributed by atoms with Crippen LogP contribution in [0.3, 0.4) is 0 Å². The molecule has 0 aromatic carbocycles. The van der Waals surface area contributed by atoms with Crippen LogP contribution in [0.2, 0.25) is 0 Å². The quantitative estimate of drug-likeness (QED) is 0.824. The molecule has 2 heteroatoms. The zero-order valence-corrected chi connectivity index (χ0v) is 12.6. The monoisotopic (exact) mass is 253 g/mol. The minimum Gasteiger partial charge on any atom is -0.381 e. The van der Waals surface area contributed by atoms with Crippen molar-refractivity contribution in [1.82, 2.24) is 5.32 Å². The molecule has 1 N–H and O–H groups in total. The number of nitrogens with one attached hydrogen (secondary N) is 1. The van der Waals surface area contributed by atoms with Gasteiger partial charge in [0.15, 0.2) is 0 Å². The van der Waals surface area contributed by atoms with Crippen LogP contribution in [-0.2, 0) is 4.74 Å². The molecule has 1 aliphatic heterocycles. The van der Waals surface area contributed by atoms with Crippen molar-refractivity contribution in [2.24, 2.45) is 11.3 Å². The summed E-state index contributed by atoms with van der Waals surface area (Å²) in [7, 11) is 0. The Morgan fingerprint density at radius 1 is 1.11 bits per heavy atom. The van der Waals surface area contributed by atoms with Crippen molar-refractivity contribution in [1.29, 1.82) is 0 Å². The van der Waals surface area contributed by atoms with Gasteiger partial charge in [0, 0.05) is 25.3 Å². The third kappa shape index (κ3) is 4.24. The van der Waals surface area contributed by atoms with Gasteiger partial charge < -0.3 is 10.1 Å². The van der Waals surface area contributed by atoms with Gasteiger partial charge in [0.2, 0.25) is 0 Å². The Labute approximate surface area is 113 Å². The molecule has 106 valence electrons. The molecule has 0 aromatic heterocycles. The Morgan fingerprint density at radius 2 is 1.72 bits per heavy atom. The maximum Gasteiger partial charge on any atom is 0.0471 e. The summed E-state index contributed by atoms with van der Waals surface area (Å²) in [5.41, 5.74) is 0.752. The smallest absolute Gasteiger partial charge is 0.0471 e. The minimum atomic E-state index is 0.237. The molecule has 1 saturated heterocycles. The largest absolute Gasteiger partial charge is 0.381 e. The first-order valence-corrected chi connectivity index (χ1v) is 7.82.